The maximum atomic E-state index is 13.2. The van der Waals surface area contributed by atoms with Crippen LogP contribution in [0.2, 0.25) is 0 Å². The first-order valence-electron chi connectivity index (χ1n) is 6.80. The maximum Gasteiger partial charge on any atom is 0.228 e. The summed E-state index contributed by atoms with van der Waals surface area (Å²) in [7, 11) is 0. The molecule has 0 unspecified atom stereocenters. The molecule has 5 nitrogen and oxygen atoms in total. The number of aromatic nitrogens is 2. The molecule has 2 heterocycles. The summed E-state index contributed by atoms with van der Waals surface area (Å²) in [5.74, 6) is -1.06. The molecule has 3 rings (SSSR count). The van der Waals surface area contributed by atoms with Gasteiger partial charge in [0.05, 0.1) is 13.2 Å². The van der Waals surface area contributed by atoms with E-state index >= 15 is 0 Å². The molecular weight excluding hydrogens is 280 g/mol. The highest BCUT2D eigenvalue weighted by atomic mass is 19.2. The Morgan fingerprint density at radius 1 is 1.14 bits per heavy atom. The van der Waals surface area contributed by atoms with E-state index in [1.165, 1.54) is 6.07 Å². The molecule has 1 aliphatic heterocycles. The third kappa shape index (κ3) is 3.43. The average Bonchev–Trinajstić information content (AvgIpc) is 2.98. The van der Waals surface area contributed by atoms with Crippen LogP contribution in [-0.2, 0) is 11.2 Å². The molecule has 2 aromatic rings. The highest BCUT2D eigenvalue weighted by Crippen LogP contribution is 2.18. The number of halogens is 2. The zero-order valence-electron chi connectivity index (χ0n) is 11.4. The zero-order valence-corrected chi connectivity index (χ0v) is 11.4. The van der Waals surface area contributed by atoms with Crippen molar-refractivity contribution in [1.82, 2.24) is 15.0 Å². The molecule has 0 N–H and O–H groups in total. The fourth-order valence-corrected chi connectivity index (χ4v) is 2.19. The molecular formula is C14H15F2N3O2. The van der Waals surface area contributed by atoms with Gasteiger partial charge in [-0.3, -0.25) is 4.90 Å². The Morgan fingerprint density at radius 2 is 1.95 bits per heavy atom. The summed E-state index contributed by atoms with van der Waals surface area (Å²) in [5.41, 5.74) is 0.398. The van der Waals surface area contributed by atoms with E-state index in [9.17, 15) is 8.78 Å². The topological polar surface area (TPSA) is 51.4 Å². The van der Waals surface area contributed by atoms with Crippen LogP contribution < -0.4 is 0 Å². The van der Waals surface area contributed by atoms with E-state index in [1.807, 2.05) is 0 Å². The molecule has 0 amide bonds. The van der Waals surface area contributed by atoms with Gasteiger partial charge in [0.15, 0.2) is 11.6 Å². The van der Waals surface area contributed by atoms with Crippen LogP contribution >= 0.6 is 0 Å². The van der Waals surface area contributed by atoms with Crippen LogP contribution in [0.3, 0.4) is 0 Å². The van der Waals surface area contributed by atoms with Gasteiger partial charge in [0, 0.05) is 31.6 Å². The molecule has 21 heavy (non-hydrogen) atoms. The summed E-state index contributed by atoms with van der Waals surface area (Å²) in [4.78, 5) is 6.47. The lowest BCUT2D eigenvalue weighted by atomic mass is 10.2. The number of hydrogen-bond acceptors (Lipinski definition) is 5. The second-order valence-electron chi connectivity index (χ2n) is 4.84. The molecule has 112 valence electrons. The Bertz CT molecular complexity index is 612. The summed E-state index contributed by atoms with van der Waals surface area (Å²) >= 11 is 0. The molecule has 0 spiro atoms. The highest BCUT2D eigenvalue weighted by molar-refractivity contribution is 5.54. The van der Waals surface area contributed by atoms with Crippen LogP contribution in [-0.4, -0.2) is 47.9 Å². The number of benzene rings is 1. The minimum atomic E-state index is -0.924. The lowest BCUT2D eigenvalue weighted by Gasteiger charge is -2.25. The summed E-state index contributed by atoms with van der Waals surface area (Å²) < 4.78 is 36.5. The normalized spacial score (nSPS) is 16.3. The quantitative estimate of drug-likeness (QED) is 0.862. The summed E-state index contributed by atoms with van der Waals surface area (Å²) in [6.07, 6.45) is 0.622. The van der Waals surface area contributed by atoms with Crippen molar-refractivity contribution in [2.75, 3.05) is 32.8 Å². The van der Waals surface area contributed by atoms with E-state index in [0.29, 0.717) is 17.9 Å². The highest BCUT2D eigenvalue weighted by Gasteiger charge is 2.14. The molecule has 1 aliphatic rings. The van der Waals surface area contributed by atoms with E-state index in [4.69, 9.17) is 9.26 Å². The minimum Gasteiger partial charge on any atom is -0.379 e. The van der Waals surface area contributed by atoms with Crippen LogP contribution in [0.1, 0.15) is 5.89 Å². The maximum absolute atomic E-state index is 13.2. The lowest BCUT2D eigenvalue weighted by Crippen LogP contribution is -2.37. The van der Waals surface area contributed by atoms with Gasteiger partial charge in [-0.1, -0.05) is 5.16 Å². The Hall–Kier alpha value is -1.86. The summed E-state index contributed by atoms with van der Waals surface area (Å²) in [6.45, 7) is 4.07. The molecule has 1 saturated heterocycles. The minimum absolute atomic E-state index is 0.269. The van der Waals surface area contributed by atoms with Crippen LogP contribution in [0, 0.1) is 11.6 Å². The van der Waals surface area contributed by atoms with Gasteiger partial charge in [-0.25, -0.2) is 8.78 Å². The monoisotopic (exact) mass is 295 g/mol. The van der Waals surface area contributed by atoms with Crippen molar-refractivity contribution >= 4 is 0 Å². The second-order valence-corrected chi connectivity index (χ2v) is 4.84. The number of hydrogen-bond donors (Lipinski definition) is 0. The molecule has 1 aromatic heterocycles. The van der Waals surface area contributed by atoms with Gasteiger partial charge in [0.1, 0.15) is 0 Å². The van der Waals surface area contributed by atoms with Gasteiger partial charge >= 0.3 is 0 Å². The number of ether oxygens (including phenoxy) is 1. The average molecular weight is 295 g/mol. The zero-order chi connectivity index (χ0) is 14.7. The number of nitrogens with zero attached hydrogens (tertiary/aromatic N) is 3. The first-order chi connectivity index (χ1) is 10.2. The first kappa shape index (κ1) is 14.1. The van der Waals surface area contributed by atoms with Crippen LogP contribution in [0.4, 0.5) is 8.78 Å². The summed E-state index contributed by atoms with van der Waals surface area (Å²) in [5, 5.41) is 3.80. The van der Waals surface area contributed by atoms with E-state index in [2.05, 4.69) is 15.0 Å². The van der Waals surface area contributed by atoms with E-state index in [-0.39, 0.29) is 5.82 Å². The number of rotatable bonds is 4. The van der Waals surface area contributed by atoms with E-state index < -0.39 is 11.6 Å². The molecule has 0 radical (unpaired) electrons. The number of morpholine rings is 1. The van der Waals surface area contributed by atoms with Gasteiger partial charge in [-0.05, 0) is 18.2 Å². The van der Waals surface area contributed by atoms with Crippen molar-refractivity contribution in [1.29, 1.82) is 0 Å². The fraction of sp³-hybridized carbons (Fsp3) is 0.429. The Kier molecular flexibility index (Phi) is 4.21. The van der Waals surface area contributed by atoms with Crippen LogP contribution in [0.15, 0.2) is 22.7 Å². The van der Waals surface area contributed by atoms with Gasteiger partial charge in [0.25, 0.3) is 0 Å². The Balaban J connectivity index is 1.63. The molecule has 0 aliphatic carbocycles. The van der Waals surface area contributed by atoms with Gasteiger partial charge < -0.3 is 9.26 Å². The Morgan fingerprint density at radius 3 is 2.71 bits per heavy atom. The van der Waals surface area contributed by atoms with Crippen molar-refractivity contribution in [2.24, 2.45) is 0 Å². The third-order valence-electron chi connectivity index (χ3n) is 3.39. The second kappa shape index (κ2) is 6.28. The van der Waals surface area contributed by atoms with Crippen LogP contribution in [0.25, 0.3) is 11.4 Å². The van der Waals surface area contributed by atoms with Crippen molar-refractivity contribution in [3.05, 3.63) is 35.7 Å². The molecule has 1 fully saturated rings. The van der Waals surface area contributed by atoms with E-state index in [1.54, 1.807) is 0 Å². The predicted octanol–water partition coefficient (Wildman–Crippen LogP) is 1.89. The first-order valence-corrected chi connectivity index (χ1v) is 6.80. The molecule has 7 heteroatoms. The lowest BCUT2D eigenvalue weighted by molar-refractivity contribution is 0.0375. The molecule has 0 saturated carbocycles. The largest absolute Gasteiger partial charge is 0.379 e. The SMILES string of the molecule is Fc1ccc(-c2noc(CCN3CCOCC3)n2)cc1F. The summed E-state index contributed by atoms with van der Waals surface area (Å²) in [6, 6.07) is 3.54. The van der Waals surface area contributed by atoms with Gasteiger partial charge in [-0.15, -0.1) is 0 Å². The van der Waals surface area contributed by atoms with Crippen molar-refractivity contribution in [2.45, 2.75) is 6.42 Å². The molecule has 0 atom stereocenters. The standard InChI is InChI=1S/C14H15F2N3O2/c15-11-2-1-10(9-12(11)16)14-17-13(21-18-14)3-4-19-5-7-20-8-6-19/h1-2,9H,3-8H2. The van der Waals surface area contributed by atoms with Gasteiger partial charge in [-0.2, -0.15) is 4.98 Å². The van der Waals surface area contributed by atoms with E-state index in [0.717, 1.165) is 45.0 Å². The third-order valence-corrected chi connectivity index (χ3v) is 3.39. The fourth-order valence-electron chi connectivity index (χ4n) is 2.19. The smallest absolute Gasteiger partial charge is 0.228 e. The molecule has 0 bridgehead atoms. The van der Waals surface area contributed by atoms with Crippen molar-refractivity contribution in [3.63, 3.8) is 0 Å². The van der Waals surface area contributed by atoms with Crippen LogP contribution in [0.5, 0.6) is 0 Å². The predicted molar refractivity (Wildman–Crippen MR) is 70.6 cm³/mol. The van der Waals surface area contributed by atoms with Crippen molar-refractivity contribution in [3.8, 4) is 11.4 Å². The Labute approximate surface area is 120 Å². The van der Waals surface area contributed by atoms with Crippen molar-refractivity contribution < 1.29 is 18.0 Å². The molecule has 1 aromatic carbocycles. The van der Waals surface area contributed by atoms with Gasteiger partial charge in [0.2, 0.25) is 11.7 Å².